The van der Waals surface area contributed by atoms with Crippen LogP contribution in [0.1, 0.15) is 17.7 Å². The van der Waals surface area contributed by atoms with Gasteiger partial charge in [-0.1, -0.05) is 12.1 Å². The summed E-state index contributed by atoms with van der Waals surface area (Å²) in [5.74, 6) is 0. The molecule has 18 heavy (non-hydrogen) atoms. The van der Waals surface area contributed by atoms with Crippen LogP contribution < -0.4 is 0 Å². The first-order valence-electron chi connectivity index (χ1n) is 4.89. The van der Waals surface area contributed by atoms with Gasteiger partial charge in [0.2, 0.25) is 0 Å². The molecule has 0 amide bonds. The lowest BCUT2D eigenvalue weighted by Crippen LogP contribution is -2.03. The van der Waals surface area contributed by atoms with Gasteiger partial charge in [0.25, 0.3) is 6.43 Å². The molecule has 0 unspecified atom stereocenters. The lowest BCUT2D eigenvalue weighted by molar-refractivity contribution is -0.137. The number of nitrogens with zero attached hydrogens (tertiary/aromatic N) is 1. The highest BCUT2D eigenvalue weighted by Crippen LogP contribution is 2.31. The minimum Gasteiger partial charge on any atom is -0.276 e. The minimum absolute atomic E-state index is 0.180. The summed E-state index contributed by atoms with van der Waals surface area (Å²) in [6.45, 7) is 0. The van der Waals surface area contributed by atoms with E-state index in [4.69, 9.17) is 0 Å². The van der Waals surface area contributed by atoms with E-state index in [0.717, 1.165) is 18.2 Å². The molecule has 0 saturated heterocycles. The number of rotatable bonds is 2. The van der Waals surface area contributed by atoms with Crippen LogP contribution in [0.2, 0.25) is 0 Å². The number of hydrogen-bond donors (Lipinski definition) is 1. The smallest absolute Gasteiger partial charge is 0.276 e. The number of alkyl halides is 5. The van der Waals surface area contributed by atoms with Crippen LogP contribution in [-0.4, -0.2) is 10.2 Å². The van der Waals surface area contributed by atoms with E-state index < -0.39 is 18.2 Å². The zero-order valence-electron chi connectivity index (χ0n) is 8.80. The Balaban J connectivity index is 2.29. The molecule has 0 spiro atoms. The fraction of sp³-hybridized carbons (Fsp3) is 0.182. The van der Waals surface area contributed by atoms with Crippen LogP contribution in [0.4, 0.5) is 22.0 Å². The molecule has 0 bridgehead atoms. The van der Waals surface area contributed by atoms with Gasteiger partial charge in [0.05, 0.1) is 11.3 Å². The lowest BCUT2D eigenvalue weighted by Gasteiger charge is -2.06. The van der Waals surface area contributed by atoms with Gasteiger partial charge in [0, 0.05) is 5.56 Å². The summed E-state index contributed by atoms with van der Waals surface area (Å²) < 4.78 is 61.5. The van der Waals surface area contributed by atoms with Crippen LogP contribution in [0.3, 0.4) is 0 Å². The lowest BCUT2D eigenvalue weighted by atomic mass is 10.1. The molecule has 2 aromatic rings. The second kappa shape index (κ2) is 4.40. The number of hydrogen-bond acceptors (Lipinski definition) is 1. The minimum atomic E-state index is -4.42. The molecule has 1 N–H and O–H groups in total. The van der Waals surface area contributed by atoms with Gasteiger partial charge >= 0.3 is 6.18 Å². The Morgan fingerprint density at radius 1 is 1.06 bits per heavy atom. The van der Waals surface area contributed by atoms with E-state index in [2.05, 4.69) is 10.2 Å². The van der Waals surface area contributed by atoms with Gasteiger partial charge in [-0.15, -0.1) is 0 Å². The van der Waals surface area contributed by atoms with Gasteiger partial charge in [0.15, 0.2) is 0 Å². The molecule has 1 aromatic carbocycles. The Morgan fingerprint density at radius 3 is 2.11 bits per heavy atom. The molecule has 0 saturated carbocycles. The van der Waals surface area contributed by atoms with Crippen LogP contribution in [0.15, 0.2) is 30.3 Å². The van der Waals surface area contributed by atoms with Crippen LogP contribution in [-0.2, 0) is 6.18 Å². The second-order valence-corrected chi connectivity index (χ2v) is 3.58. The highest BCUT2D eigenvalue weighted by Gasteiger charge is 2.30. The first kappa shape index (κ1) is 12.5. The van der Waals surface area contributed by atoms with Gasteiger partial charge < -0.3 is 0 Å². The van der Waals surface area contributed by atoms with Crippen molar-refractivity contribution in [1.29, 1.82) is 0 Å². The van der Waals surface area contributed by atoms with Gasteiger partial charge in [0.1, 0.15) is 5.69 Å². The van der Waals surface area contributed by atoms with Crippen molar-refractivity contribution in [1.82, 2.24) is 10.2 Å². The summed E-state index contributed by atoms with van der Waals surface area (Å²) in [4.78, 5) is 0. The molecule has 0 aliphatic heterocycles. The third-order valence-corrected chi connectivity index (χ3v) is 2.34. The molecule has 2 rings (SSSR count). The molecular weight excluding hydrogens is 255 g/mol. The Kier molecular flexibility index (Phi) is 3.06. The van der Waals surface area contributed by atoms with Gasteiger partial charge in [-0.3, -0.25) is 5.10 Å². The molecule has 96 valence electrons. The molecule has 0 aliphatic carbocycles. The Bertz CT molecular complexity index is 527. The quantitative estimate of drug-likeness (QED) is 0.813. The third-order valence-electron chi connectivity index (χ3n) is 2.34. The summed E-state index contributed by atoms with van der Waals surface area (Å²) in [6.07, 6.45) is -7.11. The SMILES string of the molecule is FC(F)c1cc(-c2ccc(C(F)(F)F)cc2)n[nH]1. The molecule has 1 aromatic heterocycles. The predicted molar refractivity (Wildman–Crippen MR) is 54.0 cm³/mol. The first-order chi connectivity index (χ1) is 8.38. The highest BCUT2D eigenvalue weighted by atomic mass is 19.4. The topological polar surface area (TPSA) is 28.7 Å². The summed E-state index contributed by atoms with van der Waals surface area (Å²) >= 11 is 0. The molecular formula is C11H7F5N2. The van der Waals surface area contributed by atoms with E-state index in [1.807, 2.05) is 0 Å². The molecule has 7 heteroatoms. The largest absolute Gasteiger partial charge is 0.416 e. The summed E-state index contributed by atoms with van der Waals surface area (Å²) in [5.41, 5.74) is -0.647. The maximum Gasteiger partial charge on any atom is 0.416 e. The number of halogens is 5. The second-order valence-electron chi connectivity index (χ2n) is 3.58. The Labute approximate surface area is 98.4 Å². The van der Waals surface area contributed by atoms with E-state index in [1.54, 1.807) is 0 Å². The molecule has 0 fully saturated rings. The zero-order chi connectivity index (χ0) is 13.3. The number of aromatic nitrogens is 2. The summed E-state index contributed by atoms with van der Waals surface area (Å²) in [5, 5.41) is 5.74. The first-order valence-corrected chi connectivity index (χ1v) is 4.89. The van der Waals surface area contributed by atoms with Gasteiger partial charge in [-0.05, 0) is 18.2 Å². The van der Waals surface area contributed by atoms with Crippen molar-refractivity contribution >= 4 is 0 Å². The van der Waals surface area contributed by atoms with Crippen molar-refractivity contribution in [3.63, 3.8) is 0 Å². The molecule has 0 atom stereocenters. The molecule has 0 radical (unpaired) electrons. The maximum absolute atomic E-state index is 12.3. The molecule has 1 heterocycles. The number of aromatic amines is 1. The average Bonchev–Trinajstić information content (AvgIpc) is 2.77. The van der Waals surface area contributed by atoms with Crippen molar-refractivity contribution in [2.45, 2.75) is 12.6 Å². The van der Waals surface area contributed by atoms with E-state index in [9.17, 15) is 22.0 Å². The van der Waals surface area contributed by atoms with Crippen LogP contribution >= 0.6 is 0 Å². The predicted octanol–water partition coefficient (Wildman–Crippen LogP) is 4.03. The average molecular weight is 262 g/mol. The van der Waals surface area contributed by atoms with E-state index in [1.165, 1.54) is 12.1 Å². The standard InChI is InChI=1S/C11H7F5N2/c12-10(13)9-5-8(17-18-9)6-1-3-7(4-2-6)11(14,15)16/h1-5,10H,(H,17,18). The van der Waals surface area contributed by atoms with Crippen molar-refractivity contribution in [3.8, 4) is 11.3 Å². The van der Waals surface area contributed by atoms with Crippen LogP contribution in [0, 0.1) is 0 Å². The van der Waals surface area contributed by atoms with Gasteiger partial charge in [-0.25, -0.2) is 8.78 Å². The Morgan fingerprint density at radius 2 is 1.67 bits per heavy atom. The third kappa shape index (κ3) is 2.49. The zero-order valence-corrected chi connectivity index (χ0v) is 8.80. The number of nitrogens with one attached hydrogen (secondary N) is 1. The summed E-state index contributed by atoms with van der Waals surface area (Å²) in [7, 11) is 0. The van der Waals surface area contributed by atoms with Crippen molar-refractivity contribution in [2.75, 3.05) is 0 Å². The monoisotopic (exact) mass is 262 g/mol. The molecule has 2 nitrogen and oxygen atoms in total. The van der Waals surface area contributed by atoms with Crippen LogP contribution in [0.25, 0.3) is 11.3 Å². The van der Waals surface area contributed by atoms with Crippen molar-refractivity contribution in [2.24, 2.45) is 0 Å². The normalized spacial score (nSPS) is 12.1. The van der Waals surface area contributed by atoms with Gasteiger partial charge in [-0.2, -0.15) is 18.3 Å². The van der Waals surface area contributed by atoms with E-state index >= 15 is 0 Å². The highest BCUT2D eigenvalue weighted by molar-refractivity contribution is 5.59. The Hall–Kier alpha value is -1.92. The fourth-order valence-corrected chi connectivity index (χ4v) is 1.43. The van der Waals surface area contributed by atoms with E-state index in [0.29, 0.717) is 5.56 Å². The van der Waals surface area contributed by atoms with Crippen molar-refractivity contribution < 1.29 is 22.0 Å². The molecule has 0 aliphatic rings. The number of H-pyrrole nitrogens is 1. The van der Waals surface area contributed by atoms with E-state index in [-0.39, 0.29) is 11.4 Å². The fourth-order valence-electron chi connectivity index (χ4n) is 1.43. The van der Waals surface area contributed by atoms with Crippen molar-refractivity contribution in [3.05, 3.63) is 41.6 Å². The van der Waals surface area contributed by atoms with Crippen LogP contribution in [0.5, 0.6) is 0 Å². The maximum atomic E-state index is 12.3. The summed E-state index contributed by atoms with van der Waals surface area (Å²) in [6, 6.07) is 5.24. The number of benzene rings is 1.